The average molecular weight is 301 g/mol. The topological polar surface area (TPSA) is 85.6 Å². The minimum Gasteiger partial charge on any atom is -0.353 e. The van der Waals surface area contributed by atoms with Gasteiger partial charge in [0.15, 0.2) is 0 Å². The Morgan fingerprint density at radius 3 is 2.95 bits per heavy atom. The predicted octanol–water partition coefficient (Wildman–Crippen LogP) is 0.891. The van der Waals surface area contributed by atoms with Gasteiger partial charge in [-0.1, -0.05) is 6.92 Å². The Morgan fingerprint density at radius 1 is 1.42 bits per heavy atom. The molecular formula is C10H13ClN6OS. The van der Waals surface area contributed by atoms with Crippen LogP contribution in [0.3, 0.4) is 0 Å². The first kappa shape index (κ1) is 13.9. The molecule has 1 N–H and O–H groups in total. The van der Waals surface area contributed by atoms with E-state index in [1.54, 1.807) is 23.3 Å². The van der Waals surface area contributed by atoms with Gasteiger partial charge in [0.2, 0.25) is 17.2 Å². The number of imidazole rings is 1. The van der Waals surface area contributed by atoms with E-state index in [9.17, 15) is 4.21 Å². The zero-order valence-electron chi connectivity index (χ0n) is 10.3. The van der Waals surface area contributed by atoms with Crippen LogP contribution in [0.4, 0.5) is 5.95 Å². The van der Waals surface area contributed by atoms with Crippen LogP contribution in [-0.2, 0) is 10.8 Å². The fraction of sp³-hybridized carbons (Fsp3) is 0.400. The number of halogens is 1. The molecule has 0 aromatic carbocycles. The van der Waals surface area contributed by atoms with Gasteiger partial charge in [0.1, 0.15) is 6.33 Å². The monoisotopic (exact) mass is 300 g/mol. The lowest BCUT2D eigenvalue weighted by Gasteiger charge is -2.06. The van der Waals surface area contributed by atoms with Gasteiger partial charge in [-0.25, -0.2) is 4.98 Å². The summed E-state index contributed by atoms with van der Waals surface area (Å²) >= 11 is 5.84. The van der Waals surface area contributed by atoms with E-state index in [0.29, 0.717) is 29.9 Å². The molecule has 7 nitrogen and oxygen atoms in total. The molecule has 1 unspecified atom stereocenters. The van der Waals surface area contributed by atoms with E-state index in [1.807, 2.05) is 6.92 Å². The van der Waals surface area contributed by atoms with Gasteiger partial charge in [-0.15, -0.1) is 0 Å². The molecule has 102 valence electrons. The van der Waals surface area contributed by atoms with Crippen molar-refractivity contribution in [3.8, 4) is 5.95 Å². The van der Waals surface area contributed by atoms with Crippen LogP contribution in [0.25, 0.3) is 5.95 Å². The van der Waals surface area contributed by atoms with E-state index in [0.717, 1.165) is 0 Å². The lowest BCUT2D eigenvalue weighted by Crippen LogP contribution is -2.15. The Kier molecular flexibility index (Phi) is 4.80. The highest BCUT2D eigenvalue weighted by Gasteiger charge is 2.06. The van der Waals surface area contributed by atoms with Crippen molar-refractivity contribution in [2.45, 2.75) is 6.92 Å². The van der Waals surface area contributed by atoms with Crippen molar-refractivity contribution in [2.75, 3.05) is 23.4 Å². The summed E-state index contributed by atoms with van der Waals surface area (Å²) in [5, 5.41) is 3.07. The first-order valence-corrected chi connectivity index (χ1v) is 7.54. The van der Waals surface area contributed by atoms with E-state index in [2.05, 4.69) is 25.3 Å². The number of anilines is 1. The Balaban J connectivity index is 2.07. The van der Waals surface area contributed by atoms with Crippen LogP contribution in [-0.4, -0.2) is 46.8 Å². The van der Waals surface area contributed by atoms with Crippen LogP contribution in [0.1, 0.15) is 6.92 Å². The molecule has 0 amide bonds. The molecule has 2 aromatic heterocycles. The number of nitrogens with one attached hydrogen (secondary N) is 1. The van der Waals surface area contributed by atoms with Crippen molar-refractivity contribution in [1.82, 2.24) is 24.5 Å². The Morgan fingerprint density at radius 2 is 2.26 bits per heavy atom. The molecule has 0 bridgehead atoms. The first-order chi connectivity index (χ1) is 9.19. The summed E-state index contributed by atoms with van der Waals surface area (Å²) in [7, 11) is -0.823. The van der Waals surface area contributed by atoms with Crippen molar-refractivity contribution in [3.05, 3.63) is 24.0 Å². The van der Waals surface area contributed by atoms with Crippen molar-refractivity contribution in [3.63, 3.8) is 0 Å². The number of hydrogen-bond acceptors (Lipinski definition) is 6. The fourth-order valence-corrected chi connectivity index (χ4v) is 2.11. The summed E-state index contributed by atoms with van der Waals surface area (Å²) in [6.45, 7) is 2.40. The molecule has 0 aliphatic carbocycles. The smallest absolute Gasteiger partial charge is 0.241 e. The molecule has 2 aromatic rings. The first-order valence-electron chi connectivity index (χ1n) is 5.68. The number of rotatable bonds is 6. The van der Waals surface area contributed by atoms with Crippen molar-refractivity contribution in [2.24, 2.45) is 0 Å². The van der Waals surface area contributed by atoms with Crippen LogP contribution in [0.5, 0.6) is 0 Å². The van der Waals surface area contributed by atoms with Crippen LogP contribution >= 0.6 is 11.6 Å². The quantitative estimate of drug-likeness (QED) is 0.853. The average Bonchev–Trinajstić information content (AvgIpc) is 2.91. The second-order valence-corrected chi connectivity index (χ2v) is 5.76. The SMILES string of the molecule is CCS(=O)CCNc1nc(Cl)nc(-n2ccnc2)n1. The van der Waals surface area contributed by atoms with Gasteiger partial charge in [0.25, 0.3) is 0 Å². The number of nitrogens with zero attached hydrogens (tertiary/aromatic N) is 5. The minimum atomic E-state index is -0.823. The van der Waals surface area contributed by atoms with Crippen LogP contribution in [0.15, 0.2) is 18.7 Å². The third-order valence-electron chi connectivity index (χ3n) is 2.27. The van der Waals surface area contributed by atoms with E-state index < -0.39 is 10.8 Å². The molecule has 0 fully saturated rings. The maximum atomic E-state index is 11.3. The number of aromatic nitrogens is 5. The molecule has 1 atom stereocenters. The summed E-state index contributed by atoms with van der Waals surface area (Å²) in [4.78, 5) is 16.1. The molecule has 0 radical (unpaired) electrons. The molecule has 2 heterocycles. The largest absolute Gasteiger partial charge is 0.353 e. The highest BCUT2D eigenvalue weighted by Crippen LogP contribution is 2.09. The van der Waals surface area contributed by atoms with E-state index in [1.165, 1.54) is 0 Å². The normalized spacial score (nSPS) is 12.3. The highest BCUT2D eigenvalue weighted by atomic mass is 35.5. The zero-order chi connectivity index (χ0) is 13.7. The summed E-state index contributed by atoms with van der Waals surface area (Å²) < 4.78 is 12.9. The standard InChI is InChI=1S/C10H13ClN6OS/c1-2-19(18)6-4-13-9-14-8(11)15-10(16-9)17-5-3-12-7-17/h3,5,7H,2,4,6H2,1H3,(H,13,14,15,16). The van der Waals surface area contributed by atoms with Crippen molar-refractivity contribution in [1.29, 1.82) is 0 Å². The van der Waals surface area contributed by atoms with E-state index in [4.69, 9.17) is 11.6 Å². The van der Waals surface area contributed by atoms with Crippen molar-refractivity contribution >= 4 is 28.3 Å². The van der Waals surface area contributed by atoms with E-state index >= 15 is 0 Å². The van der Waals surface area contributed by atoms with Crippen LogP contribution < -0.4 is 5.32 Å². The van der Waals surface area contributed by atoms with Gasteiger partial charge in [-0.2, -0.15) is 15.0 Å². The molecule has 19 heavy (non-hydrogen) atoms. The molecule has 0 saturated heterocycles. The minimum absolute atomic E-state index is 0.0952. The maximum absolute atomic E-state index is 11.3. The second-order valence-electron chi connectivity index (χ2n) is 3.56. The van der Waals surface area contributed by atoms with E-state index in [-0.39, 0.29) is 5.28 Å². The molecule has 0 aliphatic rings. The van der Waals surface area contributed by atoms with Gasteiger partial charge in [-0.05, 0) is 11.6 Å². The molecule has 0 spiro atoms. The Labute approximate surface area is 117 Å². The summed E-state index contributed by atoms with van der Waals surface area (Å²) in [5.74, 6) is 1.92. The van der Waals surface area contributed by atoms with Gasteiger partial charge >= 0.3 is 0 Å². The fourth-order valence-electron chi connectivity index (χ4n) is 1.33. The third-order valence-corrected chi connectivity index (χ3v) is 3.74. The summed E-state index contributed by atoms with van der Waals surface area (Å²) in [6.07, 6.45) is 4.90. The molecular weight excluding hydrogens is 288 g/mol. The number of hydrogen-bond donors (Lipinski definition) is 1. The van der Waals surface area contributed by atoms with Crippen LogP contribution in [0, 0.1) is 0 Å². The third kappa shape index (κ3) is 3.97. The second kappa shape index (κ2) is 6.58. The molecule has 0 aliphatic heterocycles. The lowest BCUT2D eigenvalue weighted by atomic mass is 10.7. The predicted molar refractivity (Wildman–Crippen MR) is 74.0 cm³/mol. The van der Waals surface area contributed by atoms with Gasteiger partial charge < -0.3 is 5.32 Å². The molecule has 9 heteroatoms. The van der Waals surface area contributed by atoms with Gasteiger partial charge in [0, 0.05) is 41.2 Å². The Bertz CT molecular complexity index is 561. The summed E-state index contributed by atoms with van der Waals surface area (Å²) in [6, 6.07) is 0. The Hall–Kier alpha value is -1.54. The van der Waals surface area contributed by atoms with Gasteiger partial charge in [0.05, 0.1) is 0 Å². The van der Waals surface area contributed by atoms with Crippen molar-refractivity contribution < 1.29 is 4.21 Å². The summed E-state index contributed by atoms with van der Waals surface area (Å²) in [5.41, 5.74) is 0. The molecule has 2 rings (SSSR count). The highest BCUT2D eigenvalue weighted by molar-refractivity contribution is 7.84. The maximum Gasteiger partial charge on any atom is 0.241 e. The van der Waals surface area contributed by atoms with Gasteiger partial charge in [-0.3, -0.25) is 8.78 Å². The zero-order valence-corrected chi connectivity index (χ0v) is 11.9. The molecule has 0 saturated carbocycles. The van der Waals surface area contributed by atoms with Crippen LogP contribution in [0.2, 0.25) is 5.28 Å². The lowest BCUT2D eigenvalue weighted by molar-refractivity contribution is 0.684.